The molecule has 0 radical (unpaired) electrons. The zero-order chi connectivity index (χ0) is 14.1. The molecule has 1 aliphatic heterocycles. The standard InChI is InChI=1S/C16H21N3O/c1-11-8-13(19(2)18-11)10-16-15-5-4-14(20-3)9-12(15)6-7-17-16/h4-5,8-9,16-17H,6-7,10H2,1-3H3. The van der Waals surface area contributed by atoms with Crippen molar-refractivity contribution in [2.24, 2.45) is 7.05 Å². The SMILES string of the molecule is COc1ccc2c(c1)CCNC2Cc1cc(C)nn1C. The van der Waals surface area contributed by atoms with Crippen LogP contribution in [0.3, 0.4) is 0 Å². The zero-order valence-electron chi connectivity index (χ0n) is 12.3. The lowest BCUT2D eigenvalue weighted by molar-refractivity contribution is 0.412. The van der Waals surface area contributed by atoms with Crippen molar-refractivity contribution in [2.45, 2.75) is 25.8 Å². The van der Waals surface area contributed by atoms with Crippen LogP contribution in [-0.4, -0.2) is 23.4 Å². The van der Waals surface area contributed by atoms with Crippen LogP contribution in [-0.2, 0) is 19.9 Å². The summed E-state index contributed by atoms with van der Waals surface area (Å²) in [4.78, 5) is 0. The van der Waals surface area contributed by atoms with E-state index in [2.05, 4.69) is 28.6 Å². The first-order valence-electron chi connectivity index (χ1n) is 7.07. The number of methoxy groups -OCH3 is 1. The van der Waals surface area contributed by atoms with Gasteiger partial charge in [-0.3, -0.25) is 4.68 Å². The number of benzene rings is 1. The molecule has 0 fully saturated rings. The fraction of sp³-hybridized carbons (Fsp3) is 0.438. The molecular formula is C16H21N3O. The van der Waals surface area contributed by atoms with E-state index in [9.17, 15) is 0 Å². The molecule has 1 aromatic heterocycles. The average molecular weight is 271 g/mol. The summed E-state index contributed by atoms with van der Waals surface area (Å²) in [6.07, 6.45) is 2.03. The Morgan fingerprint density at radius 3 is 2.95 bits per heavy atom. The summed E-state index contributed by atoms with van der Waals surface area (Å²) in [5, 5.41) is 8.04. The fourth-order valence-corrected chi connectivity index (χ4v) is 3.00. The highest BCUT2D eigenvalue weighted by molar-refractivity contribution is 5.39. The molecule has 0 spiro atoms. The molecule has 3 rings (SSSR count). The summed E-state index contributed by atoms with van der Waals surface area (Å²) in [6, 6.07) is 8.93. The topological polar surface area (TPSA) is 39.1 Å². The maximum Gasteiger partial charge on any atom is 0.119 e. The van der Waals surface area contributed by atoms with Gasteiger partial charge in [0.15, 0.2) is 0 Å². The van der Waals surface area contributed by atoms with Crippen molar-refractivity contribution in [3.05, 3.63) is 46.8 Å². The Bertz CT molecular complexity index is 618. The molecule has 2 aromatic rings. The smallest absolute Gasteiger partial charge is 0.119 e. The van der Waals surface area contributed by atoms with Gasteiger partial charge < -0.3 is 10.1 Å². The van der Waals surface area contributed by atoms with Gasteiger partial charge in [-0.25, -0.2) is 0 Å². The molecule has 106 valence electrons. The molecule has 0 bridgehead atoms. The quantitative estimate of drug-likeness (QED) is 0.930. The van der Waals surface area contributed by atoms with Gasteiger partial charge in [0.25, 0.3) is 0 Å². The second kappa shape index (κ2) is 5.29. The van der Waals surface area contributed by atoms with Crippen molar-refractivity contribution in [3.63, 3.8) is 0 Å². The van der Waals surface area contributed by atoms with Crippen LogP contribution in [0.15, 0.2) is 24.3 Å². The normalized spacial score (nSPS) is 17.9. The van der Waals surface area contributed by atoms with E-state index in [4.69, 9.17) is 4.74 Å². The van der Waals surface area contributed by atoms with E-state index < -0.39 is 0 Å². The van der Waals surface area contributed by atoms with Crippen molar-refractivity contribution >= 4 is 0 Å². The maximum absolute atomic E-state index is 5.32. The molecule has 1 unspecified atom stereocenters. The van der Waals surface area contributed by atoms with Gasteiger partial charge in [-0.2, -0.15) is 5.10 Å². The summed E-state index contributed by atoms with van der Waals surface area (Å²) in [7, 11) is 3.73. The summed E-state index contributed by atoms with van der Waals surface area (Å²) in [6.45, 7) is 3.05. The van der Waals surface area contributed by atoms with Crippen LogP contribution in [0, 0.1) is 6.92 Å². The second-order valence-electron chi connectivity index (χ2n) is 5.43. The molecule has 0 amide bonds. The van der Waals surface area contributed by atoms with Gasteiger partial charge >= 0.3 is 0 Å². The number of aromatic nitrogens is 2. The number of fused-ring (bicyclic) bond motifs is 1. The van der Waals surface area contributed by atoms with E-state index in [0.717, 1.165) is 30.8 Å². The van der Waals surface area contributed by atoms with Crippen molar-refractivity contribution < 1.29 is 4.74 Å². The van der Waals surface area contributed by atoms with Gasteiger partial charge in [0.05, 0.1) is 12.8 Å². The highest BCUT2D eigenvalue weighted by Crippen LogP contribution is 2.29. The van der Waals surface area contributed by atoms with Crippen LogP contribution >= 0.6 is 0 Å². The van der Waals surface area contributed by atoms with Crippen molar-refractivity contribution in [3.8, 4) is 5.75 Å². The zero-order valence-corrected chi connectivity index (χ0v) is 12.3. The van der Waals surface area contributed by atoms with E-state index in [1.807, 2.05) is 24.7 Å². The largest absolute Gasteiger partial charge is 0.497 e. The summed E-state index contributed by atoms with van der Waals surface area (Å²) >= 11 is 0. The number of nitrogens with zero attached hydrogens (tertiary/aromatic N) is 2. The minimum Gasteiger partial charge on any atom is -0.497 e. The lowest BCUT2D eigenvalue weighted by Gasteiger charge is -2.27. The van der Waals surface area contributed by atoms with Gasteiger partial charge in [-0.05, 0) is 49.2 Å². The predicted molar refractivity (Wildman–Crippen MR) is 79.1 cm³/mol. The first-order valence-corrected chi connectivity index (χ1v) is 7.07. The van der Waals surface area contributed by atoms with E-state index in [1.54, 1.807) is 7.11 Å². The minimum absolute atomic E-state index is 0.361. The third kappa shape index (κ3) is 2.43. The number of hydrogen-bond donors (Lipinski definition) is 1. The Balaban J connectivity index is 1.88. The van der Waals surface area contributed by atoms with E-state index in [0.29, 0.717) is 6.04 Å². The Labute approximate surface area is 119 Å². The molecule has 1 N–H and O–H groups in total. The number of rotatable bonds is 3. The average Bonchev–Trinajstić information content (AvgIpc) is 2.76. The van der Waals surface area contributed by atoms with Crippen LogP contribution in [0.25, 0.3) is 0 Å². The number of ether oxygens (including phenoxy) is 1. The molecule has 0 saturated carbocycles. The first kappa shape index (κ1) is 13.2. The molecular weight excluding hydrogens is 250 g/mol. The molecule has 0 saturated heterocycles. The van der Waals surface area contributed by atoms with Crippen LogP contribution in [0.4, 0.5) is 0 Å². The molecule has 4 heteroatoms. The van der Waals surface area contributed by atoms with Crippen LogP contribution in [0.2, 0.25) is 0 Å². The lowest BCUT2D eigenvalue weighted by Crippen LogP contribution is -2.31. The molecule has 20 heavy (non-hydrogen) atoms. The van der Waals surface area contributed by atoms with Crippen molar-refractivity contribution in [2.75, 3.05) is 13.7 Å². The summed E-state index contributed by atoms with van der Waals surface area (Å²) in [5.74, 6) is 0.945. The summed E-state index contributed by atoms with van der Waals surface area (Å²) in [5.41, 5.74) is 5.12. The fourth-order valence-electron chi connectivity index (χ4n) is 3.00. The predicted octanol–water partition coefficient (Wildman–Crippen LogP) is 2.17. The molecule has 1 aliphatic rings. The maximum atomic E-state index is 5.32. The van der Waals surface area contributed by atoms with Gasteiger partial charge in [-0.1, -0.05) is 6.07 Å². The third-order valence-electron chi connectivity index (χ3n) is 4.02. The van der Waals surface area contributed by atoms with Gasteiger partial charge in [-0.15, -0.1) is 0 Å². The van der Waals surface area contributed by atoms with Crippen molar-refractivity contribution in [1.82, 2.24) is 15.1 Å². The van der Waals surface area contributed by atoms with Crippen LogP contribution in [0.1, 0.15) is 28.6 Å². The third-order valence-corrected chi connectivity index (χ3v) is 4.02. The van der Waals surface area contributed by atoms with Crippen LogP contribution in [0.5, 0.6) is 5.75 Å². The Hall–Kier alpha value is -1.81. The molecule has 4 nitrogen and oxygen atoms in total. The van der Waals surface area contributed by atoms with E-state index in [-0.39, 0.29) is 0 Å². The monoisotopic (exact) mass is 271 g/mol. The second-order valence-corrected chi connectivity index (χ2v) is 5.43. The number of nitrogens with one attached hydrogen (secondary N) is 1. The highest BCUT2D eigenvalue weighted by Gasteiger charge is 2.21. The Kier molecular flexibility index (Phi) is 3.49. The number of hydrogen-bond acceptors (Lipinski definition) is 3. The molecule has 1 aromatic carbocycles. The number of aryl methyl sites for hydroxylation is 2. The molecule has 2 heterocycles. The Morgan fingerprint density at radius 1 is 1.40 bits per heavy atom. The van der Waals surface area contributed by atoms with E-state index >= 15 is 0 Å². The van der Waals surface area contributed by atoms with Gasteiger partial charge in [0, 0.05) is 25.2 Å². The minimum atomic E-state index is 0.361. The van der Waals surface area contributed by atoms with Gasteiger partial charge in [0.2, 0.25) is 0 Å². The first-order chi connectivity index (χ1) is 9.67. The van der Waals surface area contributed by atoms with Gasteiger partial charge in [0.1, 0.15) is 5.75 Å². The van der Waals surface area contributed by atoms with E-state index in [1.165, 1.54) is 16.8 Å². The summed E-state index contributed by atoms with van der Waals surface area (Å²) < 4.78 is 7.30. The highest BCUT2D eigenvalue weighted by atomic mass is 16.5. The molecule has 1 atom stereocenters. The lowest BCUT2D eigenvalue weighted by atomic mass is 9.91. The van der Waals surface area contributed by atoms with Crippen LogP contribution < -0.4 is 10.1 Å². The Morgan fingerprint density at radius 2 is 2.25 bits per heavy atom. The molecule has 0 aliphatic carbocycles. The van der Waals surface area contributed by atoms with Crippen molar-refractivity contribution in [1.29, 1.82) is 0 Å².